The summed E-state index contributed by atoms with van der Waals surface area (Å²) in [4.78, 5) is 15.4. The molecule has 0 spiro atoms. The van der Waals surface area contributed by atoms with E-state index in [4.69, 9.17) is 0 Å². The standard InChI is InChI=1S/C13H27N3O2.HI/c1-6-11(7-2)9-16-13(14-4)15-8-10(3)12(17)18-5;/h10-11H,6-9H2,1-5H3,(H2,14,15,16);1H. The molecular formula is C13H28IN3O2. The molecule has 0 amide bonds. The third-order valence-electron chi connectivity index (χ3n) is 3.12. The number of carbonyl (C=O) groups is 1. The van der Waals surface area contributed by atoms with E-state index in [1.807, 2.05) is 6.92 Å². The SMILES string of the molecule is CCC(CC)CNC(=NC)NCC(C)C(=O)OC.I. The number of nitrogens with zero attached hydrogens (tertiary/aromatic N) is 1. The summed E-state index contributed by atoms with van der Waals surface area (Å²) in [6.45, 7) is 7.62. The average Bonchev–Trinajstić information content (AvgIpc) is 2.41. The number of aliphatic imine (C=N–C) groups is 1. The smallest absolute Gasteiger partial charge is 0.310 e. The van der Waals surface area contributed by atoms with Gasteiger partial charge in [-0.3, -0.25) is 9.79 Å². The first-order valence-corrected chi connectivity index (χ1v) is 6.61. The Morgan fingerprint density at radius 1 is 1.21 bits per heavy atom. The minimum atomic E-state index is -0.210. The van der Waals surface area contributed by atoms with Gasteiger partial charge in [0.05, 0.1) is 13.0 Å². The van der Waals surface area contributed by atoms with Crippen molar-refractivity contribution in [2.75, 3.05) is 27.2 Å². The molecule has 19 heavy (non-hydrogen) atoms. The lowest BCUT2D eigenvalue weighted by molar-refractivity contribution is -0.144. The predicted octanol–water partition coefficient (Wildman–Crippen LogP) is 2.01. The number of hydrogen-bond donors (Lipinski definition) is 2. The topological polar surface area (TPSA) is 62.7 Å². The van der Waals surface area contributed by atoms with Gasteiger partial charge in [0.15, 0.2) is 5.96 Å². The number of esters is 1. The van der Waals surface area contributed by atoms with Crippen molar-refractivity contribution in [1.82, 2.24) is 10.6 Å². The molecule has 6 heteroatoms. The first kappa shape index (κ1) is 20.8. The summed E-state index contributed by atoms with van der Waals surface area (Å²) in [5, 5.41) is 6.40. The van der Waals surface area contributed by atoms with Crippen molar-refractivity contribution in [3.8, 4) is 0 Å². The van der Waals surface area contributed by atoms with Gasteiger partial charge in [-0.25, -0.2) is 0 Å². The van der Waals surface area contributed by atoms with Crippen molar-refractivity contribution < 1.29 is 9.53 Å². The largest absolute Gasteiger partial charge is 0.469 e. The number of guanidine groups is 1. The molecule has 0 rings (SSSR count). The summed E-state index contributed by atoms with van der Waals surface area (Å²) < 4.78 is 4.67. The molecule has 0 saturated carbocycles. The molecule has 0 aromatic carbocycles. The van der Waals surface area contributed by atoms with Gasteiger partial charge in [0.2, 0.25) is 0 Å². The van der Waals surface area contributed by atoms with Crippen LogP contribution < -0.4 is 10.6 Å². The molecule has 114 valence electrons. The van der Waals surface area contributed by atoms with E-state index in [1.54, 1.807) is 7.05 Å². The predicted molar refractivity (Wildman–Crippen MR) is 90.0 cm³/mol. The molecule has 0 aliphatic heterocycles. The number of hydrogen-bond acceptors (Lipinski definition) is 3. The van der Waals surface area contributed by atoms with Crippen LogP contribution in [0.1, 0.15) is 33.6 Å². The van der Waals surface area contributed by atoms with E-state index < -0.39 is 0 Å². The third-order valence-corrected chi connectivity index (χ3v) is 3.12. The zero-order chi connectivity index (χ0) is 14.0. The zero-order valence-corrected chi connectivity index (χ0v) is 15.0. The van der Waals surface area contributed by atoms with E-state index >= 15 is 0 Å². The van der Waals surface area contributed by atoms with Crippen LogP contribution in [0.2, 0.25) is 0 Å². The molecule has 0 heterocycles. The summed E-state index contributed by atoms with van der Waals surface area (Å²) in [5.74, 6) is 0.999. The lowest BCUT2D eigenvalue weighted by Crippen LogP contribution is -2.42. The van der Waals surface area contributed by atoms with Crippen LogP contribution in [0.15, 0.2) is 4.99 Å². The van der Waals surface area contributed by atoms with Crippen molar-refractivity contribution in [3.05, 3.63) is 0 Å². The highest BCUT2D eigenvalue weighted by Gasteiger charge is 2.13. The molecule has 5 nitrogen and oxygen atoms in total. The number of methoxy groups -OCH3 is 1. The lowest BCUT2D eigenvalue weighted by Gasteiger charge is -2.18. The minimum absolute atomic E-state index is 0. The number of nitrogens with one attached hydrogen (secondary N) is 2. The molecule has 0 aliphatic carbocycles. The fourth-order valence-corrected chi connectivity index (χ4v) is 1.57. The fourth-order valence-electron chi connectivity index (χ4n) is 1.57. The van der Waals surface area contributed by atoms with Crippen molar-refractivity contribution in [3.63, 3.8) is 0 Å². The van der Waals surface area contributed by atoms with E-state index in [0.717, 1.165) is 25.3 Å². The second-order valence-corrected chi connectivity index (χ2v) is 4.44. The van der Waals surface area contributed by atoms with Crippen molar-refractivity contribution in [2.24, 2.45) is 16.8 Å². The van der Waals surface area contributed by atoms with Crippen LogP contribution in [-0.4, -0.2) is 39.2 Å². The second kappa shape index (κ2) is 12.5. The second-order valence-electron chi connectivity index (χ2n) is 4.44. The third kappa shape index (κ3) is 9.07. The Bertz CT molecular complexity index is 269. The maximum absolute atomic E-state index is 11.2. The van der Waals surface area contributed by atoms with Gasteiger partial charge in [0, 0.05) is 20.1 Å². The summed E-state index contributed by atoms with van der Waals surface area (Å²) in [6.07, 6.45) is 2.30. The molecule has 0 fully saturated rings. The molecule has 0 radical (unpaired) electrons. The fraction of sp³-hybridized carbons (Fsp3) is 0.846. The van der Waals surface area contributed by atoms with Crippen LogP contribution >= 0.6 is 24.0 Å². The van der Waals surface area contributed by atoms with Gasteiger partial charge in [0.1, 0.15) is 0 Å². The van der Waals surface area contributed by atoms with Crippen LogP contribution in [-0.2, 0) is 9.53 Å². The van der Waals surface area contributed by atoms with Gasteiger partial charge in [-0.15, -0.1) is 24.0 Å². The maximum Gasteiger partial charge on any atom is 0.310 e. The van der Waals surface area contributed by atoms with E-state index in [-0.39, 0.29) is 35.9 Å². The molecule has 2 N–H and O–H groups in total. The molecule has 1 atom stereocenters. The van der Waals surface area contributed by atoms with Gasteiger partial charge in [-0.1, -0.05) is 33.6 Å². The molecule has 0 aliphatic rings. The van der Waals surface area contributed by atoms with Crippen LogP contribution in [0.4, 0.5) is 0 Å². The maximum atomic E-state index is 11.2. The van der Waals surface area contributed by atoms with Gasteiger partial charge in [-0.05, 0) is 5.92 Å². The summed E-state index contributed by atoms with van der Waals surface area (Å²) in [5.41, 5.74) is 0. The first-order valence-electron chi connectivity index (χ1n) is 6.61. The molecule has 0 aromatic rings. The molecular weight excluding hydrogens is 357 g/mol. The summed E-state index contributed by atoms with van der Waals surface area (Å²) in [7, 11) is 3.13. The Hall–Kier alpha value is -0.530. The van der Waals surface area contributed by atoms with Gasteiger partial charge < -0.3 is 15.4 Å². The highest BCUT2D eigenvalue weighted by atomic mass is 127. The molecule has 1 unspecified atom stereocenters. The average molecular weight is 385 g/mol. The lowest BCUT2D eigenvalue weighted by atomic mass is 10.0. The van der Waals surface area contributed by atoms with Gasteiger partial charge >= 0.3 is 5.97 Å². The summed E-state index contributed by atoms with van der Waals surface area (Å²) in [6, 6.07) is 0. The minimum Gasteiger partial charge on any atom is -0.469 e. The Labute approximate surface area is 134 Å². The van der Waals surface area contributed by atoms with E-state index in [0.29, 0.717) is 12.5 Å². The van der Waals surface area contributed by atoms with Gasteiger partial charge in [0.25, 0.3) is 0 Å². The van der Waals surface area contributed by atoms with Crippen LogP contribution in [0.5, 0.6) is 0 Å². The van der Waals surface area contributed by atoms with Gasteiger partial charge in [-0.2, -0.15) is 0 Å². The number of carbonyl (C=O) groups excluding carboxylic acids is 1. The number of rotatable bonds is 7. The summed E-state index contributed by atoms with van der Waals surface area (Å²) >= 11 is 0. The Kier molecular flexibility index (Phi) is 13.7. The monoisotopic (exact) mass is 385 g/mol. The molecule has 0 bridgehead atoms. The van der Waals surface area contributed by atoms with E-state index in [9.17, 15) is 4.79 Å². The van der Waals surface area contributed by atoms with Crippen molar-refractivity contribution in [1.29, 1.82) is 0 Å². The Morgan fingerprint density at radius 2 is 1.74 bits per heavy atom. The Balaban J connectivity index is 0. The highest BCUT2D eigenvalue weighted by molar-refractivity contribution is 14.0. The van der Waals surface area contributed by atoms with Crippen LogP contribution in [0.25, 0.3) is 0 Å². The van der Waals surface area contributed by atoms with E-state index in [1.165, 1.54) is 7.11 Å². The first-order chi connectivity index (χ1) is 8.58. The zero-order valence-electron chi connectivity index (χ0n) is 12.7. The highest BCUT2D eigenvalue weighted by Crippen LogP contribution is 2.04. The molecule has 0 saturated heterocycles. The van der Waals surface area contributed by atoms with Crippen molar-refractivity contribution >= 4 is 35.9 Å². The number of halogens is 1. The van der Waals surface area contributed by atoms with E-state index in [2.05, 4.69) is 34.2 Å². The van der Waals surface area contributed by atoms with Crippen molar-refractivity contribution in [2.45, 2.75) is 33.6 Å². The normalized spacial score (nSPS) is 12.6. The molecule has 0 aromatic heterocycles. The van der Waals surface area contributed by atoms with Crippen LogP contribution in [0.3, 0.4) is 0 Å². The number of ether oxygens (including phenoxy) is 1. The quantitative estimate of drug-likeness (QED) is 0.305. The van der Waals surface area contributed by atoms with Crippen LogP contribution in [0, 0.1) is 11.8 Å². The Morgan fingerprint density at radius 3 is 2.16 bits per heavy atom.